The lowest BCUT2D eigenvalue weighted by Gasteiger charge is -2.36. The van der Waals surface area contributed by atoms with Gasteiger partial charge in [0.25, 0.3) is 0 Å². The van der Waals surface area contributed by atoms with Crippen molar-refractivity contribution >= 4 is 15.9 Å². The highest BCUT2D eigenvalue weighted by atomic mass is 79.9. The molecule has 0 radical (unpaired) electrons. The van der Waals surface area contributed by atoms with Crippen LogP contribution >= 0.6 is 15.9 Å². The molecule has 1 atom stereocenters. The van der Waals surface area contributed by atoms with E-state index in [1.54, 1.807) is 0 Å². The normalized spacial score (nSPS) is 27.1. The first-order chi connectivity index (χ1) is 7.16. The maximum Gasteiger partial charge on any atom is 0.0305 e. The fourth-order valence-corrected chi connectivity index (χ4v) is 2.94. The largest absolute Gasteiger partial charge is 0.307 e. The maximum atomic E-state index is 3.67. The minimum atomic E-state index is 0.443. The van der Waals surface area contributed by atoms with Gasteiger partial charge in [-0.05, 0) is 37.3 Å². The average Bonchev–Trinajstić information content (AvgIpc) is 2.16. The first-order valence-corrected chi connectivity index (χ1v) is 6.46. The molecular formula is C13H18BrN. The van der Waals surface area contributed by atoms with Crippen molar-refractivity contribution < 1.29 is 0 Å². The zero-order chi connectivity index (χ0) is 10.8. The van der Waals surface area contributed by atoms with E-state index in [4.69, 9.17) is 0 Å². The van der Waals surface area contributed by atoms with Crippen LogP contribution in [0.5, 0.6) is 0 Å². The van der Waals surface area contributed by atoms with Gasteiger partial charge < -0.3 is 5.32 Å². The topological polar surface area (TPSA) is 12.0 Å². The molecule has 1 aliphatic carbocycles. The van der Waals surface area contributed by atoms with Crippen molar-refractivity contribution in [3.8, 4) is 0 Å². The van der Waals surface area contributed by atoms with Crippen molar-refractivity contribution in [2.75, 3.05) is 0 Å². The Kier molecular flexibility index (Phi) is 3.47. The predicted octanol–water partition coefficient (Wildman–Crippen LogP) is 3.90. The summed E-state index contributed by atoms with van der Waals surface area (Å²) in [6.07, 6.45) is 2.66. The molecule has 0 heterocycles. The number of rotatable bonds is 3. The van der Waals surface area contributed by atoms with E-state index < -0.39 is 0 Å². The Hall–Kier alpha value is -0.340. The summed E-state index contributed by atoms with van der Waals surface area (Å²) < 4.78 is 1.21. The van der Waals surface area contributed by atoms with E-state index in [0.717, 1.165) is 12.0 Å². The zero-order valence-corrected chi connectivity index (χ0v) is 10.9. The molecule has 0 bridgehead atoms. The average molecular weight is 268 g/mol. The SMILES string of the molecule is CC1CC(NC(C)c2ccccc2Br)C1. The Morgan fingerprint density at radius 2 is 2.00 bits per heavy atom. The highest BCUT2D eigenvalue weighted by Crippen LogP contribution is 2.30. The van der Waals surface area contributed by atoms with Crippen molar-refractivity contribution in [3.05, 3.63) is 34.3 Å². The lowest BCUT2D eigenvalue weighted by Crippen LogP contribution is -2.41. The summed E-state index contributed by atoms with van der Waals surface area (Å²) in [7, 11) is 0. The molecule has 1 unspecified atom stereocenters. The fraction of sp³-hybridized carbons (Fsp3) is 0.538. The summed E-state index contributed by atoms with van der Waals surface area (Å²) in [5, 5.41) is 3.67. The van der Waals surface area contributed by atoms with E-state index in [9.17, 15) is 0 Å². The van der Waals surface area contributed by atoms with Gasteiger partial charge in [0.05, 0.1) is 0 Å². The molecule has 1 aromatic carbocycles. The maximum absolute atomic E-state index is 3.67. The number of hydrogen-bond acceptors (Lipinski definition) is 1. The molecular weight excluding hydrogens is 250 g/mol. The molecule has 0 aromatic heterocycles. The van der Waals surface area contributed by atoms with E-state index in [0.29, 0.717) is 6.04 Å². The summed E-state index contributed by atoms with van der Waals surface area (Å²) in [5.41, 5.74) is 1.36. The van der Waals surface area contributed by atoms with Gasteiger partial charge in [-0.2, -0.15) is 0 Å². The predicted molar refractivity (Wildman–Crippen MR) is 67.9 cm³/mol. The molecule has 2 heteroatoms. The molecule has 1 nitrogen and oxygen atoms in total. The van der Waals surface area contributed by atoms with Crippen molar-refractivity contribution in [1.82, 2.24) is 5.32 Å². The van der Waals surface area contributed by atoms with Crippen molar-refractivity contribution in [1.29, 1.82) is 0 Å². The van der Waals surface area contributed by atoms with Crippen molar-refractivity contribution in [3.63, 3.8) is 0 Å². The van der Waals surface area contributed by atoms with Gasteiger partial charge in [-0.15, -0.1) is 0 Å². The van der Waals surface area contributed by atoms with Crippen LogP contribution in [0.4, 0.5) is 0 Å². The first-order valence-electron chi connectivity index (χ1n) is 5.67. The van der Waals surface area contributed by atoms with E-state index >= 15 is 0 Å². The van der Waals surface area contributed by atoms with Crippen LogP contribution in [0.3, 0.4) is 0 Å². The smallest absolute Gasteiger partial charge is 0.0305 e. The van der Waals surface area contributed by atoms with Gasteiger partial charge in [-0.25, -0.2) is 0 Å². The Balaban J connectivity index is 1.96. The minimum absolute atomic E-state index is 0.443. The molecule has 1 aromatic rings. The Labute approximate surface area is 100 Å². The monoisotopic (exact) mass is 267 g/mol. The van der Waals surface area contributed by atoms with Crippen LogP contribution < -0.4 is 5.32 Å². The lowest BCUT2D eigenvalue weighted by atomic mass is 9.81. The standard InChI is InChI=1S/C13H18BrN/c1-9-7-11(8-9)15-10(2)12-5-3-4-6-13(12)14/h3-6,9-11,15H,7-8H2,1-2H3. The van der Waals surface area contributed by atoms with Gasteiger partial charge in [0.1, 0.15) is 0 Å². The molecule has 1 saturated carbocycles. The zero-order valence-electron chi connectivity index (χ0n) is 9.33. The molecule has 1 fully saturated rings. The third-order valence-electron chi connectivity index (χ3n) is 3.23. The molecule has 0 amide bonds. The number of nitrogens with one attached hydrogen (secondary N) is 1. The van der Waals surface area contributed by atoms with Gasteiger partial charge in [0.15, 0.2) is 0 Å². The van der Waals surface area contributed by atoms with Crippen molar-refractivity contribution in [2.24, 2.45) is 5.92 Å². The highest BCUT2D eigenvalue weighted by Gasteiger charge is 2.26. The third-order valence-corrected chi connectivity index (χ3v) is 3.95. The van der Waals surface area contributed by atoms with Crippen LogP contribution in [-0.2, 0) is 0 Å². The second-order valence-electron chi connectivity index (χ2n) is 4.68. The van der Waals surface area contributed by atoms with Gasteiger partial charge in [0, 0.05) is 16.6 Å². The van der Waals surface area contributed by atoms with Gasteiger partial charge >= 0.3 is 0 Å². The molecule has 1 N–H and O–H groups in total. The van der Waals surface area contributed by atoms with Gasteiger partial charge in [-0.3, -0.25) is 0 Å². The third kappa shape index (κ3) is 2.61. The number of hydrogen-bond donors (Lipinski definition) is 1. The Bertz CT molecular complexity index is 331. The number of benzene rings is 1. The molecule has 2 rings (SSSR count). The second-order valence-corrected chi connectivity index (χ2v) is 5.54. The quantitative estimate of drug-likeness (QED) is 0.876. The first kappa shape index (κ1) is 11.2. The lowest BCUT2D eigenvalue weighted by molar-refractivity contribution is 0.226. The van der Waals surface area contributed by atoms with Crippen LogP contribution in [0.25, 0.3) is 0 Å². The van der Waals surface area contributed by atoms with Crippen LogP contribution in [0, 0.1) is 5.92 Å². The molecule has 0 aliphatic heterocycles. The minimum Gasteiger partial charge on any atom is -0.307 e. The van der Waals surface area contributed by atoms with Crippen LogP contribution in [0.15, 0.2) is 28.7 Å². The van der Waals surface area contributed by atoms with Gasteiger partial charge in [-0.1, -0.05) is 41.1 Å². The van der Waals surface area contributed by atoms with E-state index in [1.807, 2.05) is 0 Å². The molecule has 0 spiro atoms. The molecule has 82 valence electrons. The van der Waals surface area contributed by atoms with E-state index in [2.05, 4.69) is 59.4 Å². The van der Waals surface area contributed by atoms with Crippen LogP contribution in [0.1, 0.15) is 38.3 Å². The van der Waals surface area contributed by atoms with Crippen LogP contribution in [-0.4, -0.2) is 6.04 Å². The Morgan fingerprint density at radius 3 is 2.60 bits per heavy atom. The Morgan fingerprint density at radius 1 is 1.33 bits per heavy atom. The summed E-state index contributed by atoms with van der Waals surface area (Å²) in [6.45, 7) is 4.56. The summed E-state index contributed by atoms with van der Waals surface area (Å²) in [4.78, 5) is 0. The number of halogens is 1. The molecule has 1 aliphatic rings. The summed E-state index contributed by atoms with van der Waals surface area (Å²) >= 11 is 3.60. The summed E-state index contributed by atoms with van der Waals surface area (Å²) in [5.74, 6) is 0.911. The fourth-order valence-electron chi connectivity index (χ4n) is 2.31. The van der Waals surface area contributed by atoms with Crippen molar-refractivity contribution in [2.45, 2.75) is 38.8 Å². The second kappa shape index (κ2) is 4.67. The van der Waals surface area contributed by atoms with Gasteiger partial charge in [0.2, 0.25) is 0 Å². The summed E-state index contributed by atoms with van der Waals surface area (Å²) in [6, 6.07) is 9.62. The van der Waals surface area contributed by atoms with E-state index in [-0.39, 0.29) is 0 Å². The van der Waals surface area contributed by atoms with E-state index in [1.165, 1.54) is 22.9 Å². The molecule has 0 saturated heterocycles. The highest BCUT2D eigenvalue weighted by molar-refractivity contribution is 9.10. The van der Waals surface area contributed by atoms with Crippen LogP contribution in [0.2, 0.25) is 0 Å². The molecule has 15 heavy (non-hydrogen) atoms.